The minimum absolute atomic E-state index is 0.0746. The number of quaternary nitrogens is 1. The van der Waals surface area contributed by atoms with Crippen molar-refractivity contribution in [2.45, 2.75) is 30.2 Å². The number of nitrogen functional groups attached to an aromatic ring is 1. The number of hydrogen-bond acceptors (Lipinski definition) is 4. The molecule has 1 saturated heterocycles. The summed E-state index contributed by atoms with van der Waals surface area (Å²) in [7, 11) is -4.10. The first-order valence-corrected chi connectivity index (χ1v) is 11.5. The maximum Gasteiger partial charge on any atom is 0.336 e. The third-order valence-electron chi connectivity index (χ3n) is 5.65. The van der Waals surface area contributed by atoms with E-state index in [9.17, 15) is 17.2 Å². The van der Waals surface area contributed by atoms with Gasteiger partial charge in [-0.1, -0.05) is 28.1 Å². The number of alkyl halides is 2. The predicted molar refractivity (Wildman–Crippen MR) is 114 cm³/mol. The van der Waals surface area contributed by atoms with Crippen LogP contribution in [-0.2, 0) is 10.0 Å². The van der Waals surface area contributed by atoms with Gasteiger partial charge in [0.1, 0.15) is 17.1 Å². The molecule has 0 amide bonds. The predicted octanol–water partition coefficient (Wildman–Crippen LogP) is 4.10. The number of hydrogen-bond donors (Lipinski definition) is 2. The van der Waals surface area contributed by atoms with Crippen molar-refractivity contribution >= 4 is 42.9 Å². The van der Waals surface area contributed by atoms with Gasteiger partial charge in [0.2, 0.25) is 0 Å². The molecule has 1 atom stereocenters. The SMILES string of the molecule is Nc1cccc2c1C(C(F)F)=C[N+]2(C1CCNCC1)S(=O)(=O)c1cccc(Br)c1. The molecule has 1 unspecified atom stereocenters. The van der Waals surface area contributed by atoms with Crippen molar-refractivity contribution in [3.8, 4) is 0 Å². The molecule has 2 heterocycles. The topological polar surface area (TPSA) is 72.2 Å². The number of nitrogens with two attached hydrogens (primary N) is 1. The van der Waals surface area contributed by atoms with Crippen LogP contribution in [0.15, 0.2) is 58.0 Å². The van der Waals surface area contributed by atoms with E-state index in [4.69, 9.17) is 5.73 Å². The molecule has 4 rings (SSSR count). The minimum Gasteiger partial charge on any atom is -0.398 e. The Labute approximate surface area is 177 Å². The van der Waals surface area contributed by atoms with Crippen molar-refractivity contribution in [2.75, 3.05) is 18.8 Å². The summed E-state index contributed by atoms with van der Waals surface area (Å²) in [5.41, 5.74) is 6.33. The Morgan fingerprint density at radius 2 is 1.83 bits per heavy atom. The van der Waals surface area contributed by atoms with Gasteiger partial charge < -0.3 is 11.1 Å². The van der Waals surface area contributed by atoms with E-state index in [1.807, 2.05) is 0 Å². The highest BCUT2D eigenvalue weighted by atomic mass is 79.9. The molecule has 0 bridgehead atoms. The number of anilines is 1. The average Bonchev–Trinajstić information content (AvgIpc) is 3.07. The van der Waals surface area contributed by atoms with Gasteiger partial charge in [0, 0.05) is 42.2 Å². The van der Waals surface area contributed by atoms with Gasteiger partial charge in [0.15, 0.2) is 5.69 Å². The van der Waals surface area contributed by atoms with E-state index in [0.717, 1.165) is 0 Å². The lowest BCUT2D eigenvalue weighted by molar-refractivity contribution is 0.214. The largest absolute Gasteiger partial charge is 0.398 e. The zero-order valence-electron chi connectivity index (χ0n) is 15.5. The van der Waals surface area contributed by atoms with Crippen molar-refractivity contribution in [1.29, 1.82) is 0 Å². The Morgan fingerprint density at radius 3 is 2.48 bits per heavy atom. The second-order valence-electron chi connectivity index (χ2n) is 7.25. The zero-order chi connectivity index (χ0) is 20.8. The summed E-state index contributed by atoms with van der Waals surface area (Å²) in [6.07, 6.45) is -0.543. The molecule has 1 fully saturated rings. The Hall–Kier alpha value is -1.81. The number of allylic oxidation sites excluding steroid dienone is 1. The molecular weight excluding hydrogens is 464 g/mol. The fraction of sp³-hybridized carbons (Fsp3) is 0.300. The molecule has 0 radical (unpaired) electrons. The monoisotopic (exact) mass is 484 g/mol. The normalized spacial score (nSPS) is 22.6. The standard InChI is InChI=1S/C20H21BrF2N3O2S/c21-13-3-1-4-15(11-13)29(27,28)26(14-7-9-25-10-8-14)12-16(20(22)23)19-17(24)5-2-6-18(19)26/h1-6,11-12,14,20,25H,7-10,24H2/q+1. The summed E-state index contributed by atoms with van der Waals surface area (Å²) >= 11 is 3.32. The lowest BCUT2D eigenvalue weighted by atomic mass is 10.0. The van der Waals surface area contributed by atoms with Gasteiger partial charge in [0.25, 0.3) is 6.43 Å². The number of nitrogens with zero attached hydrogens (tertiary/aromatic N) is 1. The molecular formula is C20H21BrF2N3O2S+. The van der Waals surface area contributed by atoms with Crippen LogP contribution in [0.5, 0.6) is 0 Å². The second-order valence-corrected chi connectivity index (χ2v) is 10.2. The lowest BCUT2D eigenvalue weighted by Gasteiger charge is -2.40. The molecule has 0 spiro atoms. The maximum absolute atomic E-state index is 14.1. The van der Waals surface area contributed by atoms with E-state index >= 15 is 0 Å². The van der Waals surface area contributed by atoms with Gasteiger partial charge in [-0.25, -0.2) is 8.78 Å². The zero-order valence-corrected chi connectivity index (χ0v) is 17.9. The highest BCUT2D eigenvalue weighted by Crippen LogP contribution is 2.51. The van der Waals surface area contributed by atoms with E-state index in [2.05, 4.69) is 21.2 Å². The fourth-order valence-corrected chi connectivity index (χ4v) is 7.05. The third kappa shape index (κ3) is 3.11. The van der Waals surface area contributed by atoms with Crippen LogP contribution in [-0.4, -0.2) is 34.0 Å². The van der Waals surface area contributed by atoms with Crippen molar-refractivity contribution in [3.63, 3.8) is 0 Å². The second kappa shape index (κ2) is 7.46. The Kier molecular flexibility index (Phi) is 5.27. The number of fused-ring (bicyclic) bond motifs is 1. The van der Waals surface area contributed by atoms with E-state index < -0.39 is 26.4 Å². The van der Waals surface area contributed by atoms with Crippen molar-refractivity contribution in [1.82, 2.24) is 9.21 Å². The Bertz CT molecular complexity index is 1080. The molecule has 29 heavy (non-hydrogen) atoms. The summed E-state index contributed by atoms with van der Waals surface area (Å²) in [6, 6.07) is 10.7. The molecule has 2 aliphatic rings. The van der Waals surface area contributed by atoms with Gasteiger partial charge in [-0.05, 0) is 24.3 Å². The van der Waals surface area contributed by atoms with Crippen LogP contribution >= 0.6 is 15.9 Å². The number of rotatable bonds is 4. The number of piperidine rings is 1. The molecule has 0 aromatic heterocycles. The fourth-order valence-electron chi connectivity index (χ4n) is 4.36. The van der Waals surface area contributed by atoms with Crippen LogP contribution < -0.4 is 14.9 Å². The van der Waals surface area contributed by atoms with Gasteiger partial charge in [-0.3, -0.25) is 0 Å². The average molecular weight is 485 g/mol. The minimum atomic E-state index is -4.10. The van der Waals surface area contributed by atoms with Crippen molar-refractivity contribution in [2.24, 2.45) is 0 Å². The first-order valence-electron chi connectivity index (χ1n) is 9.29. The first kappa shape index (κ1) is 20.5. The van der Waals surface area contributed by atoms with Crippen LogP contribution in [0.4, 0.5) is 20.2 Å². The van der Waals surface area contributed by atoms with E-state index in [-0.39, 0.29) is 21.7 Å². The van der Waals surface area contributed by atoms with Gasteiger partial charge in [-0.2, -0.15) is 12.3 Å². The summed E-state index contributed by atoms with van der Waals surface area (Å²) < 4.78 is 56.1. The summed E-state index contributed by atoms with van der Waals surface area (Å²) in [5.74, 6) is 0. The Morgan fingerprint density at radius 1 is 1.14 bits per heavy atom. The number of nitrogens with one attached hydrogen (secondary N) is 1. The van der Waals surface area contributed by atoms with Crippen molar-refractivity contribution < 1.29 is 17.2 Å². The quantitative estimate of drug-likeness (QED) is 0.506. The molecule has 3 N–H and O–H groups in total. The molecule has 2 aromatic carbocycles. The van der Waals surface area contributed by atoms with Crippen molar-refractivity contribution in [3.05, 3.63) is 58.7 Å². The molecule has 0 aliphatic carbocycles. The molecule has 154 valence electrons. The number of sulfonamides is 1. The molecule has 9 heteroatoms. The lowest BCUT2D eigenvalue weighted by Crippen LogP contribution is -2.58. The van der Waals surface area contributed by atoms with Crippen LogP contribution in [0.1, 0.15) is 18.4 Å². The first-order chi connectivity index (χ1) is 13.8. The van der Waals surface area contributed by atoms with Gasteiger partial charge >= 0.3 is 10.0 Å². The molecule has 2 aliphatic heterocycles. The van der Waals surface area contributed by atoms with E-state index in [0.29, 0.717) is 36.1 Å². The summed E-state index contributed by atoms with van der Waals surface area (Å²) in [5, 5.41) is 3.22. The number of halogens is 3. The molecule has 2 aromatic rings. The smallest absolute Gasteiger partial charge is 0.336 e. The van der Waals surface area contributed by atoms with E-state index in [1.165, 1.54) is 24.4 Å². The highest BCUT2D eigenvalue weighted by Gasteiger charge is 2.56. The number of benzene rings is 2. The maximum atomic E-state index is 14.1. The van der Waals surface area contributed by atoms with E-state index in [1.54, 1.807) is 24.3 Å². The molecule has 5 nitrogen and oxygen atoms in total. The van der Waals surface area contributed by atoms with Gasteiger partial charge in [-0.15, -0.1) is 0 Å². The molecule has 0 saturated carbocycles. The van der Waals surface area contributed by atoms with Crippen LogP contribution in [0.2, 0.25) is 0 Å². The van der Waals surface area contributed by atoms with Crippen LogP contribution in [0.3, 0.4) is 0 Å². The highest BCUT2D eigenvalue weighted by molar-refractivity contribution is 9.10. The van der Waals surface area contributed by atoms with Crippen LogP contribution in [0.25, 0.3) is 5.57 Å². The summed E-state index contributed by atoms with van der Waals surface area (Å²) in [4.78, 5) is 0.0746. The summed E-state index contributed by atoms with van der Waals surface area (Å²) in [6.45, 7) is 1.24. The van der Waals surface area contributed by atoms with Crippen LogP contribution in [0, 0.1) is 0 Å². The Balaban J connectivity index is 2.06. The third-order valence-corrected chi connectivity index (χ3v) is 8.39. The van der Waals surface area contributed by atoms with Gasteiger partial charge in [0.05, 0.1) is 11.1 Å².